The van der Waals surface area contributed by atoms with Crippen LogP contribution in [0.3, 0.4) is 0 Å². The molecule has 0 aromatic heterocycles. The van der Waals surface area contributed by atoms with E-state index in [1.807, 2.05) is 19.9 Å². The SMILES string of the molecule is CC.CNS(=O)(=O)NC1C2CCCC2N(C(=O)OC)C1COC1CCC(c2cccc(F)c2)CC1. The zero-order valence-corrected chi connectivity index (χ0v) is 22.0. The molecule has 3 aliphatic rings. The molecule has 8 nitrogen and oxygen atoms in total. The van der Waals surface area contributed by atoms with E-state index < -0.39 is 28.4 Å². The molecule has 35 heavy (non-hydrogen) atoms. The van der Waals surface area contributed by atoms with Crippen LogP contribution in [0.1, 0.15) is 70.3 Å². The number of carbonyl (C=O) groups excluding carboxylic acids is 1. The Morgan fingerprint density at radius 2 is 1.86 bits per heavy atom. The van der Waals surface area contributed by atoms with E-state index >= 15 is 0 Å². The predicted octanol–water partition coefficient (Wildman–Crippen LogP) is 3.94. The van der Waals surface area contributed by atoms with Gasteiger partial charge in [-0.25, -0.2) is 13.9 Å². The number of carbonyl (C=O) groups is 1. The number of amides is 1. The summed E-state index contributed by atoms with van der Waals surface area (Å²) in [6.45, 7) is 4.24. The van der Waals surface area contributed by atoms with Crippen LogP contribution >= 0.6 is 0 Å². The molecule has 1 aromatic carbocycles. The Bertz CT molecular complexity index is 939. The number of ether oxygens (including phenoxy) is 2. The minimum atomic E-state index is -3.68. The van der Waals surface area contributed by atoms with Crippen molar-refractivity contribution in [1.29, 1.82) is 0 Å². The second-order valence-electron chi connectivity index (χ2n) is 9.32. The molecule has 0 radical (unpaired) electrons. The summed E-state index contributed by atoms with van der Waals surface area (Å²) in [5.74, 6) is 0.133. The summed E-state index contributed by atoms with van der Waals surface area (Å²) in [5.41, 5.74) is 1.02. The number of nitrogens with one attached hydrogen (secondary N) is 2. The van der Waals surface area contributed by atoms with E-state index in [0.29, 0.717) is 5.92 Å². The molecule has 1 heterocycles. The van der Waals surface area contributed by atoms with E-state index in [4.69, 9.17) is 9.47 Å². The Morgan fingerprint density at radius 1 is 1.14 bits per heavy atom. The summed E-state index contributed by atoms with van der Waals surface area (Å²) in [6.07, 6.45) is 5.69. The molecule has 10 heteroatoms. The van der Waals surface area contributed by atoms with Crippen LogP contribution in [0.15, 0.2) is 24.3 Å². The van der Waals surface area contributed by atoms with Crippen LogP contribution in [0.5, 0.6) is 0 Å². The van der Waals surface area contributed by atoms with Crippen LogP contribution in [0.4, 0.5) is 9.18 Å². The molecule has 2 aliphatic carbocycles. The molecule has 2 N–H and O–H groups in total. The highest BCUT2D eigenvalue weighted by molar-refractivity contribution is 7.87. The lowest BCUT2D eigenvalue weighted by molar-refractivity contribution is -0.00978. The van der Waals surface area contributed by atoms with E-state index in [2.05, 4.69) is 9.44 Å². The van der Waals surface area contributed by atoms with Gasteiger partial charge in [0.15, 0.2) is 0 Å². The van der Waals surface area contributed by atoms with Crippen LogP contribution in [-0.4, -0.2) is 64.4 Å². The lowest BCUT2D eigenvalue weighted by Gasteiger charge is -2.33. The van der Waals surface area contributed by atoms with Crippen molar-refractivity contribution in [2.75, 3.05) is 20.8 Å². The van der Waals surface area contributed by atoms with Crippen molar-refractivity contribution < 1.29 is 27.1 Å². The number of nitrogens with zero attached hydrogens (tertiary/aromatic N) is 1. The summed E-state index contributed by atoms with van der Waals surface area (Å²) in [5, 5.41) is 0. The predicted molar refractivity (Wildman–Crippen MR) is 133 cm³/mol. The second kappa shape index (κ2) is 12.5. The van der Waals surface area contributed by atoms with Crippen molar-refractivity contribution in [1.82, 2.24) is 14.3 Å². The van der Waals surface area contributed by atoms with Gasteiger partial charge in [-0.05, 0) is 68.1 Å². The van der Waals surface area contributed by atoms with Gasteiger partial charge in [-0.2, -0.15) is 13.1 Å². The highest BCUT2D eigenvalue weighted by atomic mass is 32.2. The zero-order valence-electron chi connectivity index (χ0n) is 21.2. The van der Waals surface area contributed by atoms with Crippen molar-refractivity contribution in [2.45, 2.75) is 88.9 Å². The van der Waals surface area contributed by atoms with Crippen molar-refractivity contribution in [3.05, 3.63) is 35.6 Å². The van der Waals surface area contributed by atoms with Crippen molar-refractivity contribution in [3.63, 3.8) is 0 Å². The van der Waals surface area contributed by atoms with Gasteiger partial charge >= 0.3 is 6.09 Å². The summed E-state index contributed by atoms with van der Waals surface area (Å²) < 4.78 is 54.6. The Hall–Kier alpha value is -1.75. The third-order valence-corrected chi connectivity index (χ3v) is 8.68. The number of hydrogen-bond acceptors (Lipinski definition) is 5. The number of methoxy groups -OCH3 is 1. The molecule has 4 atom stereocenters. The number of hydrogen-bond donors (Lipinski definition) is 2. The van der Waals surface area contributed by atoms with Gasteiger partial charge in [0.05, 0.1) is 31.9 Å². The fourth-order valence-electron chi connectivity index (χ4n) is 5.96. The van der Waals surface area contributed by atoms with Gasteiger partial charge in [-0.3, -0.25) is 4.90 Å². The topological polar surface area (TPSA) is 97.0 Å². The summed E-state index contributed by atoms with van der Waals surface area (Å²) in [6, 6.07) is 5.86. The van der Waals surface area contributed by atoms with E-state index in [0.717, 1.165) is 50.5 Å². The first kappa shape index (κ1) is 27.8. The van der Waals surface area contributed by atoms with Gasteiger partial charge in [0, 0.05) is 13.1 Å². The highest BCUT2D eigenvalue weighted by Gasteiger charge is 2.54. The maximum absolute atomic E-state index is 13.6. The van der Waals surface area contributed by atoms with Crippen molar-refractivity contribution >= 4 is 16.3 Å². The molecule has 4 rings (SSSR count). The number of benzene rings is 1. The molecule has 0 bridgehead atoms. The summed E-state index contributed by atoms with van der Waals surface area (Å²) in [4.78, 5) is 14.3. The quantitative estimate of drug-likeness (QED) is 0.576. The lowest BCUT2D eigenvalue weighted by atomic mass is 9.82. The minimum absolute atomic E-state index is 0.0244. The second-order valence-corrected chi connectivity index (χ2v) is 11.0. The van der Waals surface area contributed by atoms with Crippen LogP contribution in [-0.2, 0) is 19.7 Å². The van der Waals surface area contributed by atoms with Gasteiger partial charge in [-0.15, -0.1) is 0 Å². The molecule has 1 saturated heterocycles. The minimum Gasteiger partial charge on any atom is -0.453 e. The Labute approximate surface area is 209 Å². The largest absolute Gasteiger partial charge is 0.453 e. The molecule has 2 saturated carbocycles. The van der Waals surface area contributed by atoms with Gasteiger partial charge in [0.25, 0.3) is 10.2 Å². The van der Waals surface area contributed by atoms with Crippen LogP contribution in [0.25, 0.3) is 0 Å². The molecule has 1 aliphatic heterocycles. The van der Waals surface area contributed by atoms with E-state index in [1.54, 1.807) is 17.0 Å². The van der Waals surface area contributed by atoms with Crippen molar-refractivity contribution in [2.24, 2.45) is 5.92 Å². The van der Waals surface area contributed by atoms with E-state index in [-0.39, 0.29) is 30.5 Å². The third-order valence-electron chi connectivity index (χ3n) is 7.56. The van der Waals surface area contributed by atoms with Crippen LogP contribution in [0.2, 0.25) is 0 Å². The highest BCUT2D eigenvalue weighted by Crippen LogP contribution is 2.43. The maximum atomic E-state index is 13.6. The number of likely N-dealkylation sites (tertiary alicyclic amines) is 1. The molecular formula is C25H40FN3O5S. The molecular weight excluding hydrogens is 473 g/mol. The summed E-state index contributed by atoms with van der Waals surface area (Å²) in [7, 11) is -0.965. The summed E-state index contributed by atoms with van der Waals surface area (Å²) >= 11 is 0. The first-order chi connectivity index (χ1) is 16.8. The van der Waals surface area contributed by atoms with E-state index in [9.17, 15) is 17.6 Å². The molecule has 1 amide bonds. The average molecular weight is 514 g/mol. The molecule has 198 valence electrons. The zero-order chi connectivity index (χ0) is 25.6. The molecule has 3 fully saturated rings. The van der Waals surface area contributed by atoms with E-state index in [1.165, 1.54) is 20.2 Å². The number of rotatable bonds is 7. The standard InChI is InChI=1S/C23H34FN3O5S.C2H6/c1-25-33(29,30)26-22-19-7-4-8-20(19)27(23(28)31-2)21(22)14-32-18-11-9-15(10-12-18)16-5-3-6-17(24)13-16;1-2/h3,5-6,13,15,18-22,25-26H,4,7-12,14H2,1-2H3;1-2H3. The fraction of sp³-hybridized carbons (Fsp3) is 0.720. The molecule has 4 unspecified atom stereocenters. The van der Waals surface area contributed by atoms with Gasteiger partial charge in [0.1, 0.15) is 5.82 Å². The lowest BCUT2D eigenvalue weighted by Crippen LogP contribution is -2.53. The van der Waals surface area contributed by atoms with Crippen molar-refractivity contribution in [3.8, 4) is 0 Å². The maximum Gasteiger partial charge on any atom is 0.410 e. The van der Waals surface area contributed by atoms with Gasteiger partial charge < -0.3 is 9.47 Å². The normalized spacial score (nSPS) is 30.4. The smallest absolute Gasteiger partial charge is 0.410 e. The first-order valence-corrected chi connectivity index (χ1v) is 14.3. The van der Waals surface area contributed by atoms with Crippen LogP contribution in [0, 0.1) is 11.7 Å². The number of halogens is 1. The first-order valence-electron chi connectivity index (χ1n) is 12.8. The average Bonchev–Trinajstić information content (AvgIpc) is 3.45. The molecule has 1 aromatic rings. The molecule has 0 spiro atoms. The third kappa shape index (κ3) is 6.53. The monoisotopic (exact) mass is 513 g/mol. The Morgan fingerprint density at radius 3 is 2.49 bits per heavy atom. The van der Waals surface area contributed by atoms with Gasteiger partial charge in [0.2, 0.25) is 0 Å². The number of fused-ring (bicyclic) bond motifs is 1. The fourth-order valence-corrected chi connectivity index (χ4v) is 6.77. The Kier molecular flexibility index (Phi) is 9.92. The Balaban J connectivity index is 0.00000167. The van der Waals surface area contributed by atoms with Gasteiger partial charge in [-0.1, -0.05) is 32.4 Å². The van der Waals surface area contributed by atoms with Crippen LogP contribution < -0.4 is 9.44 Å².